The lowest BCUT2D eigenvalue weighted by molar-refractivity contribution is -0.223. The van der Waals surface area contributed by atoms with Gasteiger partial charge >= 0.3 is 6.11 Å². The molecule has 0 aliphatic heterocycles. The van der Waals surface area contributed by atoms with E-state index in [0.29, 0.717) is 37.2 Å². The molecule has 0 spiro atoms. The average molecular weight is 396 g/mol. The Labute approximate surface area is 154 Å². The highest BCUT2D eigenvalue weighted by Crippen LogP contribution is 2.41. The van der Waals surface area contributed by atoms with E-state index in [9.17, 15) is 26.3 Å². The van der Waals surface area contributed by atoms with E-state index in [1.54, 1.807) is 0 Å². The number of hydrogen-bond acceptors (Lipinski definition) is 2. The molecule has 2 nitrogen and oxygen atoms in total. The molecule has 0 N–H and O–H groups in total. The molecule has 1 aromatic carbocycles. The smallest absolute Gasteiger partial charge is 0.400 e. The van der Waals surface area contributed by atoms with Gasteiger partial charge in [-0.15, -0.1) is 0 Å². The average Bonchev–Trinajstić information content (AvgIpc) is 2.57. The summed E-state index contributed by atoms with van der Waals surface area (Å²) in [4.78, 5) is 0. The molecule has 0 unspecified atom stereocenters. The lowest BCUT2D eigenvalue weighted by Gasteiger charge is -2.33. The Hall–Kier alpha value is -1.86. The van der Waals surface area contributed by atoms with Crippen molar-refractivity contribution in [2.24, 2.45) is 11.8 Å². The quantitative estimate of drug-likeness (QED) is 0.360. The van der Waals surface area contributed by atoms with Crippen LogP contribution >= 0.6 is 0 Å². The van der Waals surface area contributed by atoms with Gasteiger partial charge in [-0.1, -0.05) is 19.8 Å². The third-order valence-electron chi connectivity index (χ3n) is 4.65. The fourth-order valence-electron chi connectivity index (χ4n) is 3.31. The van der Waals surface area contributed by atoms with Crippen LogP contribution in [-0.2, 0) is 0 Å². The van der Waals surface area contributed by atoms with Crippen molar-refractivity contribution >= 4 is 0 Å². The molecule has 0 bridgehead atoms. The van der Waals surface area contributed by atoms with Gasteiger partial charge in [0.25, 0.3) is 6.43 Å². The molecule has 1 aliphatic carbocycles. The van der Waals surface area contributed by atoms with Crippen LogP contribution in [-0.4, -0.2) is 12.5 Å². The Morgan fingerprint density at radius 2 is 1.70 bits per heavy atom. The fraction of sp³-hybridized carbons (Fsp3) is 0.579. The summed E-state index contributed by atoms with van der Waals surface area (Å²) < 4.78 is 89.5. The summed E-state index contributed by atoms with van der Waals surface area (Å²) in [7, 11) is 0. The maximum atomic E-state index is 14.4. The van der Waals surface area contributed by atoms with Crippen LogP contribution in [0.25, 0.3) is 0 Å². The number of ether oxygens (including phenoxy) is 2. The van der Waals surface area contributed by atoms with Crippen LogP contribution in [0.5, 0.6) is 11.5 Å². The molecule has 1 aliphatic rings. The van der Waals surface area contributed by atoms with Gasteiger partial charge < -0.3 is 9.47 Å². The zero-order valence-electron chi connectivity index (χ0n) is 14.9. The Bertz CT molecular complexity index is 616. The van der Waals surface area contributed by atoms with Gasteiger partial charge in [0.1, 0.15) is 5.75 Å². The molecule has 1 fully saturated rings. The second-order valence-corrected chi connectivity index (χ2v) is 6.67. The number of benzene rings is 1. The van der Waals surface area contributed by atoms with Crippen molar-refractivity contribution < 1.29 is 35.8 Å². The molecule has 0 radical (unpaired) electrons. The van der Waals surface area contributed by atoms with E-state index in [-0.39, 0.29) is 18.9 Å². The maximum Gasteiger partial charge on any atom is 0.400 e. The van der Waals surface area contributed by atoms with Gasteiger partial charge in [-0.05, 0) is 31.6 Å². The Morgan fingerprint density at radius 3 is 2.22 bits per heavy atom. The van der Waals surface area contributed by atoms with E-state index in [1.165, 1.54) is 0 Å². The predicted octanol–water partition coefficient (Wildman–Crippen LogP) is 6.70. The van der Waals surface area contributed by atoms with Gasteiger partial charge in [0, 0.05) is 18.2 Å². The molecule has 0 heterocycles. The molecule has 1 aromatic rings. The van der Waals surface area contributed by atoms with Gasteiger partial charge in [-0.3, -0.25) is 0 Å². The molecule has 2 rings (SSSR count). The van der Waals surface area contributed by atoms with E-state index in [4.69, 9.17) is 0 Å². The lowest BCUT2D eigenvalue weighted by Crippen LogP contribution is -2.37. The zero-order chi connectivity index (χ0) is 20.0. The summed E-state index contributed by atoms with van der Waals surface area (Å²) in [6.07, 6.45) is -1.81. The van der Waals surface area contributed by atoms with Crippen molar-refractivity contribution in [2.45, 2.75) is 58.0 Å². The van der Waals surface area contributed by atoms with Crippen molar-refractivity contribution in [1.82, 2.24) is 0 Å². The Morgan fingerprint density at radius 1 is 1.11 bits per heavy atom. The second kappa shape index (κ2) is 9.37. The molecular weight excluding hydrogens is 374 g/mol. The van der Waals surface area contributed by atoms with Gasteiger partial charge in [0.2, 0.25) is 0 Å². The van der Waals surface area contributed by atoms with Gasteiger partial charge in [-0.2, -0.15) is 8.78 Å². The van der Waals surface area contributed by atoms with E-state index in [1.807, 2.05) is 6.92 Å². The third-order valence-corrected chi connectivity index (χ3v) is 4.65. The monoisotopic (exact) mass is 396 g/mol. The number of halogens is 6. The summed E-state index contributed by atoms with van der Waals surface area (Å²) >= 11 is 0. The number of hydrogen-bond donors (Lipinski definition) is 0. The van der Waals surface area contributed by atoms with E-state index >= 15 is 0 Å². The first-order valence-electron chi connectivity index (χ1n) is 8.90. The predicted molar refractivity (Wildman–Crippen MR) is 88.1 cm³/mol. The molecule has 8 heteroatoms. The van der Waals surface area contributed by atoms with E-state index < -0.39 is 41.6 Å². The first kappa shape index (κ1) is 21.4. The SMILES string of the molecule is CCCC1CCC(C(F)(F)Oc2cc(F)c(O/C=C/C(F)F)c(F)c2)CC1. The molecule has 0 saturated heterocycles. The number of alkyl halides is 4. The van der Waals surface area contributed by atoms with Crippen molar-refractivity contribution in [3.8, 4) is 11.5 Å². The Balaban J connectivity index is 2.03. The normalized spacial score (nSPS) is 21.0. The summed E-state index contributed by atoms with van der Waals surface area (Å²) in [6, 6.07) is 1.09. The molecule has 0 amide bonds. The van der Waals surface area contributed by atoms with Crippen LogP contribution in [0, 0.1) is 23.5 Å². The van der Waals surface area contributed by atoms with Gasteiger partial charge in [-0.25, -0.2) is 17.6 Å². The van der Waals surface area contributed by atoms with Crippen LogP contribution in [0.1, 0.15) is 45.4 Å². The lowest BCUT2D eigenvalue weighted by atomic mass is 9.79. The summed E-state index contributed by atoms with van der Waals surface area (Å²) in [5.74, 6) is -4.91. The minimum Gasteiger partial charge on any atom is -0.459 e. The summed E-state index contributed by atoms with van der Waals surface area (Å²) in [5, 5.41) is 0. The number of rotatable bonds is 8. The minimum absolute atomic E-state index is 0.280. The number of allylic oxidation sites excluding steroid dienone is 1. The maximum absolute atomic E-state index is 14.4. The molecule has 27 heavy (non-hydrogen) atoms. The molecule has 152 valence electrons. The molecular formula is C19H22F6O2. The van der Waals surface area contributed by atoms with Crippen molar-refractivity contribution in [3.05, 3.63) is 36.1 Å². The van der Waals surface area contributed by atoms with Gasteiger partial charge in [0.05, 0.1) is 12.2 Å². The van der Waals surface area contributed by atoms with Crippen LogP contribution in [0.15, 0.2) is 24.5 Å². The topological polar surface area (TPSA) is 18.5 Å². The van der Waals surface area contributed by atoms with Crippen LogP contribution in [0.2, 0.25) is 0 Å². The first-order valence-corrected chi connectivity index (χ1v) is 8.90. The minimum atomic E-state index is -3.56. The van der Waals surface area contributed by atoms with E-state index in [2.05, 4.69) is 9.47 Å². The summed E-state index contributed by atoms with van der Waals surface area (Å²) in [6.45, 7) is 2.05. The van der Waals surface area contributed by atoms with Crippen LogP contribution < -0.4 is 9.47 Å². The van der Waals surface area contributed by atoms with Gasteiger partial charge in [0.15, 0.2) is 17.4 Å². The highest BCUT2D eigenvalue weighted by atomic mass is 19.3. The van der Waals surface area contributed by atoms with Crippen LogP contribution in [0.4, 0.5) is 26.3 Å². The van der Waals surface area contributed by atoms with Crippen LogP contribution in [0.3, 0.4) is 0 Å². The van der Waals surface area contributed by atoms with Crippen molar-refractivity contribution in [1.29, 1.82) is 0 Å². The molecule has 1 saturated carbocycles. The van der Waals surface area contributed by atoms with Crippen molar-refractivity contribution in [3.63, 3.8) is 0 Å². The molecule has 0 atom stereocenters. The standard InChI is InChI=1S/C19H22F6O2/c1-2-3-12-4-6-13(7-5-12)19(24,25)27-14-10-15(20)18(16(21)11-14)26-9-8-17(22)23/h8-13,17H,2-7H2,1H3/b9-8+. The largest absolute Gasteiger partial charge is 0.459 e. The van der Waals surface area contributed by atoms with E-state index in [0.717, 1.165) is 12.8 Å². The van der Waals surface area contributed by atoms with Crippen molar-refractivity contribution in [2.75, 3.05) is 0 Å². The Kier molecular flexibility index (Phi) is 7.44. The second-order valence-electron chi connectivity index (χ2n) is 6.67. The highest BCUT2D eigenvalue weighted by molar-refractivity contribution is 5.35. The highest BCUT2D eigenvalue weighted by Gasteiger charge is 2.44. The first-order chi connectivity index (χ1) is 12.7. The summed E-state index contributed by atoms with van der Waals surface area (Å²) in [5.41, 5.74) is 0. The fourth-order valence-corrected chi connectivity index (χ4v) is 3.31. The third kappa shape index (κ3) is 6.07. The zero-order valence-corrected chi connectivity index (χ0v) is 14.9. The molecule has 0 aromatic heterocycles.